The number of aliphatic hydroxyl groups is 1. The lowest BCUT2D eigenvalue weighted by molar-refractivity contribution is -0.125. The van der Waals surface area contributed by atoms with E-state index in [4.69, 9.17) is 4.74 Å². The number of methoxy groups -OCH3 is 1. The summed E-state index contributed by atoms with van der Waals surface area (Å²) in [5, 5.41) is 13.4. The molecule has 0 aromatic carbocycles. The molecule has 0 heterocycles. The van der Waals surface area contributed by atoms with Crippen molar-refractivity contribution in [1.29, 1.82) is 0 Å². The summed E-state index contributed by atoms with van der Waals surface area (Å²) in [5.41, 5.74) is 0.269. The lowest BCUT2D eigenvalue weighted by Gasteiger charge is -2.55. The van der Waals surface area contributed by atoms with Gasteiger partial charge in [-0.15, -0.1) is 0 Å². The van der Waals surface area contributed by atoms with Gasteiger partial charge in [0.1, 0.15) is 0 Å². The summed E-state index contributed by atoms with van der Waals surface area (Å²) in [7, 11) is 1.81. The predicted octanol–water partition coefficient (Wildman–Crippen LogP) is 2.19. The lowest BCUT2D eigenvalue weighted by Crippen LogP contribution is -2.64. The molecule has 2 N–H and O–H groups in total. The minimum Gasteiger partial charge on any atom is -0.392 e. The van der Waals surface area contributed by atoms with Gasteiger partial charge in [0, 0.05) is 25.1 Å². The van der Waals surface area contributed by atoms with Crippen LogP contribution in [0.1, 0.15) is 47.0 Å². The molecule has 102 valence electrons. The number of aliphatic hydroxyl groups excluding tert-OH is 1. The first kappa shape index (κ1) is 14.9. The van der Waals surface area contributed by atoms with Gasteiger partial charge in [-0.1, -0.05) is 27.7 Å². The monoisotopic (exact) mass is 243 g/mol. The fourth-order valence-electron chi connectivity index (χ4n) is 3.06. The number of nitrogens with one attached hydrogen (secondary N) is 1. The maximum atomic E-state index is 9.84. The molecule has 0 aliphatic heterocycles. The Morgan fingerprint density at radius 3 is 2.35 bits per heavy atom. The van der Waals surface area contributed by atoms with Gasteiger partial charge in [-0.3, -0.25) is 0 Å². The second-order valence-corrected chi connectivity index (χ2v) is 5.67. The molecule has 0 saturated heterocycles. The van der Waals surface area contributed by atoms with Crippen LogP contribution >= 0.6 is 0 Å². The molecule has 1 aliphatic rings. The molecule has 0 amide bonds. The summed E-state index contributed by atoms with van der Waals surface area (Å²) in [4.78, 5) is 0. The predicted molar refractivity (Wildman–Crippen MR) is 71.1 cm³/mol. The highest BCUT2D eigenvalue weighted by atomic mass is 16.5. The molecule has 3 unspecified atom stereocenters. The first-order valence-electron chi connectivity index (χ1n) is 6.96. The van der Waals surface area contributed by atoms with E-state index < -0.39 is 0 Å². The van der Waals surface area contributed by atoms with E-state index in [1.54, 1.807) is 0 Å². The van der Waals surface area contributed by atoms with Crippen molar-refractivity contribution in [3.8, 4) is 0 Å². The molecule has 0 radical (unpaired) electrons. The van der Waals surface area contributed by atoms with Crippen molar-refractivity contribution in [2.45, 2.75) is 65.2 Å². The van der Waals surface area contributed by atoms with E-state index in [1.807, 2.05) is 7.11 Å². The van der Waals surface area contributed by atoms with E-state index >= 15 is 0 Å². The van der Waals surface area contributed by atoms with Crippen molar-refractivity contribution in [3.05, 3.63) is 0 Å². The fourth-order valence-corrected chi connectivity index (χ4v) is 3.06. The van der Waals surface area contributed by atoms with Crippen LogP contribution < -0.4 is 5.32 Å². The number of ether oxygens (including phenoxy) is 1. The summed E-state index contributed by atoms with van der Waals surface area (Å²) in [6.07, 6.45) is 3.48. The number of rotatable bonds is 7. The van der Waals surface area contributed by atoms with Crippen LogP contribution in [-0.2, 0) is 4.74 Å². The van der Waals surface area contributed by atoms with Crippen LogP contribution in [0.4, 0.5) is 0 Å². The molecular formula is C14H29NO2. The van der Waals surface area contributed by atoms with Crippen LogP contribution in [0, 0.1) is 11.3 Å². The summed E-state index contributed by atoms with van der Waals surface area (Å²) in [5.74, 6) is 0.318. The van der Waals surface area contributed by atoms with Crippen molar-refractivity contribution in [1.82, 2.24) is 5.32 Å². The summed E-state index contributed by atoms with van der Waals surface area (Å²) < 4.78 is 5.57. The third-order valence-corrected chi connectivity index (χ3v) is 4.73. The maximum Gasteiger partial charge on any atom is 0.0687 e. The highest BCUT2D eigenvalue weighted by Gasteiger charge is 2.52. The molecule has 3 atom stereocenters. The smallest absolute Gasteiger partial charge is 0.0687 e. The highest BCUT2D eigenvalue weighted by Crippen LogP contribution is 2.48. The van der Waals surface area contributed by atoms with Gasteiger partial charge in [-0.25, -0.2) is 0 Å². The van der Waals surface area contributed by atoms with E-state index in [-0.39, 0.29) is 11.5 Å². The molecular weight excluding hydrogens is 214 g/mol. The largest absolute Gasteiger partial charge is 0.392 e. The summed E-state index contributed by atoms with van der Waals surface area (Å²) in [6, 6.07) is 0.496. The minimum absolute atomic E-state index is 0.247. The topological polar surface area (TPSA) is 41.5 Å². The van der Waals surface area contributed by atoms with Gasteiger partial charge in [0.05, 0.1) is 12.2 Å². The van der Waals surface area contributed by atoms with Crippen LogP contribution in [-0.4, -0.2) is 37.0 Å². The molecule has 1 aliphatic carbocycles. The average Bonchev–Trinajstić information content (AvgIpc) is 2.29. The number of hydrogen-bond donors (Lipinski definition) is 2. The van der Waals surface area contributed by atoms with Crippen LogP contribution in [0.2, 0.25) is 0 Å². The van der Waals surface area contributed by atoms with Gasteiger partial charge in [-0.2, -0.15) is 0 Å². The van der Waals surface area contributed by atoms with Crippen molar-refractivity contribution in [2.75, 3.05) is 13.7 Å². The Morgan fingerprint density at radius 1 is 1.35 bits per heavy atom. The normalized spacial score (nSPS) is 29.1. The van der Waals surface area contributed by atoms with Gasteiger partial charge in [0.25, 0.3) is 0 Å². The second-order valence-electron chi connectivity index (χ2n) is 5.67. The highest BCUT2D eigenvalue weighted by molar-refractivity contribution is 5.06. The van der Waals surface area contributed by atoms with Crippen molar-refractivity contribution in [3.63, 3.8) is 0 Å². The molecule has 3 heteroatoms. The van der Waals surface area contributed by atoms with E-state index in [0.717, 1.165) is 19.3 Å². The zero-order valence-electron chi connectivity index (χ0n) is 12.0. The van der Waals surface area contributed by atoms with Gasteiger partial charge < -0.3 is 15.2 Å². The van der Waals surface area contributed by atoms with Gasteiger partial charge >= 0.3 is 0 Å². The Morgan fingerprint density at radius 2 is 1.94 bits per heavy atom. The molecule has 0 aromatic rings. The van der Waals surface area contributed by atoms with E-state index in [9.17, 15) is 5.11 Å². The van der Waals surface area contributed by atoms with Gasteiger partial charge in [-0.05, 0) is 25.2 Å². The Balaban J connectivity index is 2.50. The zero-order valence-corrected chi connectivity index (χ0v) is 12.0. The van der Waals surface area contributed by atoms with E-state index in [1.165, 1.54) is 0 Å². The summed E-state index contributed by atoms with van der Waals surface area (Å²) in [6.45, 7) is 9.28. The van der Waals surface area contributed by atoms with Crippen molar-refractivity contribution >= 4 is 0 Å². The molecule has 17 heavy (non-hydrogen) atoms. The third kappa shape index (κ3) is 2.83. The quantitative estimate of drug-likeness (QED) is 0.720. The average molecular weight is 243 g/mol. The van der Waals surface area contributed by atoms with Gasteiger partial charge in [0.15, 0.2) is 0 Å². The zero-order chi connectivity index (χ0) is 13.1. The van der Waals surface area contributed by atoms with Crippen LogP contribution in [0.15, 0.2) is 0 Å². The first-order valence-corrected chi connectivity index (χ1v) is 6.96. The molecule has 1 saturated carbocycles. The second kappa shape index (κ2) is 6.17. The fraction of sp³-hybridized carbons (Fsp3) is 1.00. The molecule has 1 rings (SSSR count). The van der Waals surface area contributed by atoms with E-state index in [2.05, 4.69) is 33.0 Å². The number of hydrogen-bond acceptors (Lipinski definition) is 3. The Hall–Kier alpha value is -0.120. The van der Waals surface area contributed by atoms with Crippen LogP contribution in [0.5, 0.6) is 0 Å². The van der Waals surface area contributed by atoms with Crippen molar-refractivity contribution < 1.29 is 9.84 Å². The Labute approximate surface area is 106 Å². The SMILES string of the molecule is CCC1(CC)C(NCC(O)C(C)C)CC1OC. The summed E-state index contributed by atoms with van der Waals surface area (Å²) >= 11 is 0. The van der Waals surface area contributed by atoms with Crippen molar-refractivity contribution in [2.24, 2.45) is 11.3 Å². The molecule has 3 nitrogen and oxygen atoms in total. The third-order valence-electron chi connectivity index (χ3n) is 4.73. The van der Waals surface area contributed by atoms with Crippen LogP contribution in [0.3, 0.4) is 0 Å². The standard InChI is InChI=1S/C14H29NO2/c1-6-14(7-2)12(8-13(14)17-5)15-9-11(16)10(3)4/h10-13,15-16H,6-9H2,1-5H3. The first-order chi connectivity index (χ1) is 8.01. The molecule has 1 fully saturated rings. The van der Waals surface area contributed by atoms with Gasteiger partial charge in [0.2, 0.25) is 0 Å². The Bertz CT molecular complexity index is 226. The van der Waals surface area contributed by atoms with E-state index in [0.29, 0.717) is 24.6 Å². The Kier molecular flexibility index (Phi) is 5.42. The minimum atomic E-state index is -0.247. The molecule has 0 aromatic heterocycles. The lowest BCUT2D eigenvalue weighted by atomic mass is 9.58. The molecule has 0 bridgehead atoms. The maximum absolute atomic E-state index is 9.84. The van der Waals surface area contributed by atoms with Crippen LogP contribution in [0.25, 0.3) is 0 Å². The molecule has 0 spiro atoms.